The van der Waals surface area contributed by atoms with Crippen LogP contribution in [0.4, 0.5) is 16.2 Å². The Bertz CT molecular complexity index is 2570. The number of H-pyrrole nitrogens is 1. The van der Waals surface area contributed by atoms with E-state index in [2.05, 4.69) is 68.4 Å². The van der Waals surface area contributed by atoms with Crippen LogP contribution >= 0.6 is 11.6 Å². The molecule has 1 aliphatic carbocycles. The van der Waals surface area contributed by atoms with Gasteiger partial charge in [0.1, 0.15) is 11.5 Å². The summed E-state index contributed by atoms with van der Waals surface area (Å²) in [5.41, 5.74) is 5.62. The molecule has 5 aromatic rings. The van der Waals surface area contributed by atoms with Gasteiger partial charge >= 0.3 is 6.09 Å². The maximum atomic E-state index is 13.5. The summed E-state index contributed by atoms with van der Waals surface area (Å²) in [5, 5.41) is 28.9. The van der Waals surface area contributed by atoms with Gasteiger partial charge in [-0.1, -0.05) is 107 Å². The van der Waals surface area contributed by atoms with Crippen LogP contribution in [-0.2, 0) is 22.2 Å². The van der Waals surface area contributed by atoms with Crippen molar-refractivity contribution in [2.24, 2.45) is 0 Å². The van der Waals surface area contributed by atoms with Crippen molar-refractivity contribution in [3.63, 3.8) is 0 Å². The lowest BCUT2D eigenvalue weighted by atomic mass is 9.88. The molecule has 1 aliphatic rings. The van der Waals surface area contributed by atoms with Gasteiger partial charge in [-0.3, -0.25) is 14.5 Å². The van der Waals surface area contributed by atoms with Crippen molar-refractivity contribution in [2.45, 2.75) is 141 Å². The van der Waals surface area contributed by atoms with E-state index in [1.165, 1.54) is 31.7 Å². The van der Waals surface area contributed by atoms with E-state index in [-0.39, 0.29) is 34.7 Å². The molecule has 14 heteroatoms. The molecule has 0 saturated heterocycles. The molecule has 12 nitrogen and oxygen atoms in total. The molecule has 1 fully saturated rings. The number of aromatic nitrogens is 1. The van der Waals surface area contributed by atoms with Gasteiger partial charge in [0, 0.05) is 60.2 Å². The van der Waals surface area contributed by atoms with Gasteiger partial charge in [-0.2, -0.15) is 0 Å². The van der Waals surface area contributed by atoms with Crippen molar-refractivity contribution in [1.29, 1.82) is 0 Å². The van der Waals surface area contributed by atoms with E-state index in [0.717, 1.165) is 60.0 Å². The zero-order valence-electron chi connectivity index (χ0n) is 41.9. The predicted molar refractivity (Wildman–Crippen MR) is 284 cm³/mol. The smallest absolute Gasteiger partial charge is 0.412 e. The molecular formula is C55H74ClN5O7Si. The summed E-state index contributed by atoms with van der Waals surface area (Å²) >= 11 is 6.83. The number of amides is 2. The van der Waals surface area contributed by atoms with E-state index in [9.17, 15) is 24.6 Å². The number of phenols is 1. The highest BCUT2D eigenvalue weighted by molar-refractivity contribution is 6.74. The number of rotatable bonds is 22. The number of halogens is 1. The number of methoxy groups -OCH3 is 1. The van der Waals surface area contributed by atoms with Gasteiger partial charge in [0.15, 0.2) is 8.32 Å². The molecule has 6 rings (SSSR count). The summed E-state index contributed by atoms with van der Waals surface area (Å²) in [6, 6.07) is 26.5. The molecule has 2 amide bonds. The standard InChI is InChI=1S/C55H74ClN5O7Si/c1-9-10-11-15-31-60(5)40-22-24-41(25-23-40)61(54(65)66)47-32-37(21-26-42(47)38-18-13-12-14-19-38)17-16-20-51(63)58-46-34-49(67-6)39(33-45(46)56)35-57-36-50(68-69(7,8)55(2,3)4)43-27-29-48(62)53-44(43)28-30-52(64)59-53/h12-14,18-19,21,26-30,32-34,40-41,50,57,62H,9-11,15-17,20,22-25,31,35-36H2,1-8H3,(H,58,63)(H,59,64)(H,65,66)/t40?,41?,50-/m1/s1. The maximum Gasteiger partial charge on any atom is 0.412 e. The van der Waals surface area contributed by atoms with Gasteiger partial charge in [-0.15, -0.1) is 0 Å². The van der Waals surface area contributed by atoms with Gasteiger partial charge in [-0.05, 0) is 118 Å². The lowest BCUT2D eigenvalue weighted by molar-refractivity contribution is -0.116. The normalized spacial score (nSPS) is 15.9. The number of hydrogen-bond acceptors (Lipinski definition) is 8. The first kappa shape index (κ1) is 53.2. The minimum absolute atomic E-state index is 0.0106. The molecule has 372 valence electrons. The summed E-state index contributed by atoms with van der Waals surface area (Å²) in [6.45, 7) is 15.0. The summed E-state index contributed by atoms with van der Waals surface area (Å²) < 4.78 is 12.8. The summed E-state index contributed by atoms with van der Waals surface area (Å²) in [7, 11) is 1.49. The zero-order valence-corrected chi connectivity index (χ0v) is 43.7. The molecule has 0 bridgehead atoms. The fourth-order valence-electron chi connectivity index (χ4n) is 9.29. The van der Waals surface area contributed by atoms with E-state index in [1.54, 1.807) is 36.3 Å². The Balaban J connectivity index is 1.11. The van der Waals surface area contributed by atoms with Crippen LogP contribution < -0.4 is 25.8 Å². The second-order valence-corrected chi connectivity index (χ2v) is 25.4. The van der Waals surface area contributed by atoms with Gasteiger partial charge in [-0.25, -0.2) is 4.79 Å². The van der Waals surface area contributed by atoms with Gasteiger partial charge in [0.2, 0.25) is 11.5 Å². The lowest BCUT2D eigenvalue weighted by Gasteiger charge is -2.39. The number of anilines is 2. The Labute approximate surface area is 414 Å². The molecule has 4 aromatic carbocycles. The number of unbranched alkanes of at least 4 members (excludes halogenated alkanes) is 3. The number of pyridine rings is 1. The number of ether oxygens (including phenoxy) is 1. The van der Waals surface area contributed by atoms with Crippen molar-refractivity contribution in [3.05, 3.63) is 117 Å². The van der Waals surface area contributed by atoms with E-state index >= 15 is 0 Å². The topological polar surface area (TPSA) is 156 Å². The number of hydrogen-bond donors (Lipinski definition) is 5. The molecular weight excluding hydrogens is 906 g/mol. The van der Waals surface area contributed by atoms with Crippen LogP contribution in [0, 0.1) is 0 Å². The van der Waals surface area contributed by atoms with Crippen molar-refractivity contribution in [2.75, 3.05) is 37.5 Å². The fraction of sp³-hybridized carbons (Fsp3) is 0.473. The van der Waals surface area contributed by atoms with Gasteiger partial charge in [0.25, 0.3) is 0 Å². The molecule has 1 aromatic heterocycles. The predicted octanol–water partition coefficient (Wildman–Crippen LogP) is 12.7. The number of carboxylic acid groups (broad SMARTS) is 1. The molecule has 0 spiro atoms. The molecule has 5 N–H and O–H groups in total. The molecule has 1 heterocycles. The Hall–Kier alpha value is -5.18. The fourth-order valence-corrected chi connectivity index (χ4v) is 10.8. The number of carbonyl (C=O) groups is 2. The Morgan fingerprint density at radius 3 is 2.33 bits per heavy atom. The Kier molecular flexibility index (Phi) is 18.6. The third-order valence-corrected chi connectivity index (χ3v) is 19.1. The Morgan fingerprint density at radius 1 is 0.928 bits per heavy atom. The van der Waals surface area contributed by atoms with Crippen LogP contribution in [0.3, 0.4) is 0 Å². The number of nitrogens with one attached hydrogen (secondary N) is 3. The van der Waals surface area contributed by atoms with Crippen LogP contribution in [0.15, 0.2) is 89.7 Å². The number of aromatic amines is 1. The molecule has 0 radical (unpaired) electrons. The first-order chi connectivity index (χ1) is 32.9. The minimum Gasteiger partial charge on any atom is -0.506 e. The summed E-state index contributed by atoms with van der Waals surface area (Å²) in [4.78, 5) is 45.7. The van der Waals surface area contributed by atoms with E-state index in [0.29, 0.717) is 65.0 Å². The van der Waals surface area contributed by atoms with Crippen molar-refractivity contribution in [3.8, 4) is 22.6 Å². The zero-order chi connectivity index (χ0) is 49.9. The highest BCUT2D eigenvalue weighted by Gasteiger charge is 2.40. The summed E-state index contributed by atoms with van der Waals surface area (Å²) in [5.74, 6) is 0.343. The van der Waals surface area contributed by atoms with Crippen molar-refractivity contribution >= 4 is 54.2 Å². The summed E-state index contributed by atoms with van der Waals surface area (Å²) in [6.07, 6.45) is 8.44. The second-order valence-electron chi connectivity index (χ2n) is 20.2. The van der Waals surface area contributed by atoms with E-state index in [4.69, 9.17) is 20.8 Å². The Morgan fingerprint density at radius 2 is 1.65 bits per heavy atom. The highest BCUT2D eigenvalue weighted by atomic mass is 35.5. The van der Waals surface area contributed by atoms with Crippen LogP contribution in [-0.4, -0.2) is 79.7 Å². The number of nitrogens with zero attached hydrogens (tertiary/aromatic N) is 2. The van der Waals surface area contributed by atoms with Gasteiger partial charge in [0.05, 0.1) is 35.1 Å². The first-order valence-electron chi connectivity index (χ1n) is 24.7. The van der Waals surface area contributed by atoms with Gasteiger partial charge < -0.3 is 39.9 Å². The molecule has 0 unspecified atom stereocenters. The van der Waals surface area contributed by atoms with E-state index in [1.807, 2.05) is 54.6 Å². The number of benzene rings is 4. The van der Waals surface area contributed by atoms with Crippen LogP contribution in [0.5, 0.6) is 11.5 Å². The average molecular weight is 981 g/mol. The largest absolute Gasteiger partial charge is 0.506 e. The number of carbonyl (C=O) groups excluding carboxylic acids is 1. The van der Waals surface area contributed by atoms with E-state index < -0.39 is 20.5 Å². The van der Waals surface area contributed by atoms with Crippen LogP contribution in [0.2, 0.25) is 23.2 Å². The first-order valence-corrected chi connectivity index (χ1v) is 28.0. The number of aryl methyl sites for hydroxylation is 1. The lowest BCUT2D eigenvalue weighted by Crippen LogP contribution is -2.45. The third-order valence-electron chi connectivity index (χ3n) is 14.3. The SMILES string of the molecule is CCCCCCN(C)C1CCC(N(C(=O)O)c2cc(CCCC(=O)Nc3cc(OC)c(CNC[C@@H](O[Si](C)(C)C(C)(C)C)c4ccc(O)c5[nH]c(=O)ccc45)cc3Cl)ccc2-c2ccccc2)CC1. The number of phenolic OH excluding ortho intramolecular Hbond substituents is 1. The maximum absolute atomic E-state index is 13.5. The highest BCUT2D eigenvalue weighted by Crippen LogP contribution is 2.42. The quantitative estimate of drug-likeness (QED) is 0.0336. The second kappa shape index (κ2) is 24.1. The van der Waals surface area contributed by atoms with Crippen LogP contribution in [0.25, 0.3) is 22.0 Å². The van der Waals surface area contributed by atoms with Crippen LogP contribution in [0.1, 0.15) is 115 Å². The van der Waals surface area contributed by atoms with Crippen molar-refractivity contribution in [1.82, 2.24) is 15.2 Å². The minimum atomic E-state index is -2.30. The number of aromatic hydroxyl groups is 1. The molecule has 69 heavy (non-hydrogen) atoms. The molecule has 1 saturated carbocycles. The third kappa shape index (κ3) is 13.8. The number of fused-ring (bicyclic) bond motifs is 1. The molecule has 0 aliphatic heterocycles. The molecule has 1 atom stereocenters. The van der Waals surface area contributed by atoms with Crippen molar-refractivity contribution < 1.29 is 29.0 Å². The monoisotopic (exact) mass is 980 g/mol. The average Bonchev–Trinajstić information content (AvgIpc) is 3.31.